The summed E-state index contributed by atoms with van der Waals surface area (Å²) in [5, 5.41) is 13.9. The normalized spacial score (nSPS) is 20.3. The highest BCUT2D eigenvalue weighted by atomic mass is 127. The Morgan fingerprint density at radius 3 is 2.82 bits per heavy atom. The van der Waals surface area contributed by atoms with Crippen LogP contribution in [0.1, 0.15) is 56.7 Å². The van der Waals surface area contributed by atoms with Crippen molar-refractivity contribution in [3.05, 3.63) is 17.5 Å². The lowest BCUT2D eigenvalue weighted by Crippen LogP contribution is -2.45. The van der Waals surface area contributed by atoms with Crippen LogP contribution in [-0.2, 0) is 11.2 Å². The van der Waals surface area contributed by atoms with E-state index in [1.54, 1.807) is 0 Å². The predicted octanol–water partition coefficient (Wildman–Crippen LogP) is 2.61. The topological polar surface area (TPSA) is 85.4 Å². The SMILES string of the molecule is CCNC(=NCCCc1cn[nH]c1C)NC1CCN(C(=O)C2CCCC2)C1.I. The lowest BCUT2D eigenvalue weighted by molar-refractivity contribution is -0.134. The van der Waals surface area contributed by atoms with Crippen molar-refractivity contribution in [3.63, 3.8) is 0 Å². The van der Waals surface area contributed by atoms with Crippen molar-refractivity contribution in [1.82, 2.24) is 25.7 Å². The Hall–Kier alpha value is -1.32. The van der Waals surface area contributed by atoms with E-state index in [1.165, 1.54) is 18.4 Å². The van der Waals surface area contributed by atoms with Crippen LogP contribution in [-0.4, -0.2) is 59.2 Å². The number of nitrogens with zero attached hydrogens (tertiary/aromatic N) is 3. The van der Waals surface area contributed by atoms with Crippen LogP contribution in [0.15, 0.2) is 11.2 Å². The Bertz CT molecular complexity index is 640. The first-order valence-electron chi connectivity index (χ1n) is 10.5. The molecule has 1 unspecified atom stereocenters. The number of nitrogens with one attached hydrogen (secondary N) is 3. The van der Waals surface area contributed by atoms with Crippen molar-refractivity contribution < 1.29 is 4.79 Å². The molecule has 2 heterocycles. The highest BCUT2D eigenvalue weighted by Crippen LogP contribution is 2.27. The van der Waals surface area contributed by atoms with Gasteiger partial charge in [0, 0.05) is 43.8 Å². The van der Waals surface area contributed by atoms with E-state index in [9.17, 15) is 4.79 Å². The van der Waals surface area contributed by atoms with Crippen LogP contribution >= 0.6 is 24.0 Å². The number of hydrogen-bond donors (Lipinski definition) is 3. The number of carbonyl (C=O) groups is 1. The molecule has 1 aromatic rings. The zero-order valence-corrected chi connectivity index (χ0v) is 19.5. The third-order valence-electron chi connectivity index (χ3n) is 5.70. The molecule has 1 amide bonds. The van der Waals surface area contributed by atoms with Crippen molar-refractivity contribution in [1.29, 1.82) is 0 Å². The summed E-state index contributed by atoms with van der Waals surface area (Å²) in [6, 6.07) is 0.296. The van der Waals surface area contributed by atoms with E-state index >= 15 is 0 Å². The maximum Gasteiger partial charge on any atom is 0.225 e. The molecule has 1 aromatic heterocycles. The van der Waals surface area contributed by atoms with E-state index in [-0.39, 0.29) is 29.9 Å². The van der Waals surface area contributed by atoms with Gasteiger partial charge in [0.25, 0.3) is 0 Å². The maximum atomic E-state index is 12.6. The van der Waals surface area contributed by atoms with Gasteiger partial charge < -0.3 is 15.5 Å². The fraction of sp³-hybridized carbons (Fsp3) is 0.750. The van der Waals surface area contributed by atoms with Gasteiger partial charge in [0.05, 0.1) is 6.20 Å². The molecule has 7 nitrogen and oxygen atoms in total. The highest BCUT2D eigenvalue weighted by molar-refractivity contribution is 14.0. The summed E-state index contributed by atoms with van der Waals surface area (Å²) in [7, 11) is 0. The summed E-state index contributed by atoms with van der Waals surface area (Å²) in [6.07, 6.45) is 9.45. The van der Waals surface area contributed by atoms with Gasteiger partial charge in [0.1, 0.15) is 0 Å². The number of aryl methyl sites for hydroxylation is 2. The molecule has 8 heteroatoms. The Morgan fingerprint density at radius 1 is 1.36 bits per heavy atom. The second-order valence-corrected chi connectivity index (χ2v) is 7.78. The zero-order chi connectivity index (χ0) is 19.1. The largest absolute Gasteiger partial charge is 0.357 e. The van der Waals surface area contributed by atoms with Crippen LogP contribution < -0.4 is 10.6 Å². The van der Waals surface area contributed by atoms with E-state index < -0.39 is 0 Å². The number of guanidine groups is 1. The fourth-order valence-corrected chi connectivity index (χ4v) is 4.11. The smallest absolute Gasteiger partial charge is 0.225 e. The molecule has 0 spiro atoms. The lowest BCUT2D eigenvalue weighted by atomic mass is 10.1. The van der Waals surface area contributed by atoms with Gasteiger partial charge in [-0.3, -0.25) is 14.9 Å². The van der Waals surface area contributed by atoms with E-state index in [0.717, 1.165) is 69.9 Å². The number of aromatic nitrogens is 2. The Morgan fingerprint density at radius 2 is 2.14 bits per heavy atom. The van der Waals surface area contributed by atoms with Crippen LogP contribution in [0.5, 0.6) is 0 Å². The number of likely N-dealkylation sites (tertiary alicyclic amines) is 1. The van der Waals surface area contributed by atoms with Crippen molar-refractivity contribution in [2.75, 3.05) is 26.2 Å². The van der Waals surface area contributed by atoms with Gasteiger partial charge in [0.2, 0.25) is 5.91 Å². The van der Waals surface area contributed by atoms with Crippen molar-refractivity contribution in [3.8, 4) is 0 Å². The number of aliphatic imine (C=N–C) groups is 1. The number of halogens is 1. The average molecular weight is 502 g/mol. The Labute approximate surface area is 185 Å². The summed E-state index contributed by atoms with van der Waals surface area (Å²) in [4.78, 5) is 19.4. The number of rotatable bonds is 7. The number of hydrogen-bond acceptors (Lipinski definition) is 3. The molecule has 1 atom stereocenters. The summed E-state index contributed by atoms with van der Waals surface area (Å²) < 4.78 is 0. The molecule has 28 heavy (non-hydrogen) atoms. The number of H-pyrrole nitrogens is 1. The quantitative estimate of drug-likeness (QED) is 0.232. The molecule has 3 rings (SSSR count). The second kappa shape index (κ2) is 11.6. The number of amides is 1. The molecular weight excluding hydrogens is 467 g/mol. The minimum absolute atomic E-state index is 0. The van der Waals surface area contributed by atoms with Crippen molar-refractivity contribution in [2.24, 2.45) is 10.9 Å². The summed E-state index contributed by atoms with van der Waals surface area (Å²) in [6.45, 7) is 7.41. The number of carbonyl (C=O) groups excluding carboxylic acids is 1. The van der Waals surface area contributed by atoms with Crippen molar-refractivity contribution >= 4 is 35.8 Å². The minimum Gasteiger partial charge on any atom is -0.357 e. The second-order valence-electron chi connectivity index (χ2n) is 7.78. The van der Waals surface area contributed by atoms with Gasteiger partial charge in [-0.15, -0.1) is 24.0 Å². The van der Waals surface area contributed by atoms with Crippen LogP contribution in [0.4, 0.5) is 0 Å². The van der Waals surface area contributed by atoms with E-state index in [0.29, 0.717) is 11.9 Å². The van der Waals surface area contributed by atoms with Gasteiger partial charge in [-0.25, -0.2) is 0 Å². The predicted molar refractivity (Wildman–Crippen MR) is 123 cm³/mol. The molecule has 158 valence electrons. The van der Waals surface area contributed by atoms with Gasteiger partial charge in [0.15, 0.2) is 5.96 Å². The van der Waals surface area contributed by atoms with Gasteiger partial charge in [-0.1, -0.05) is 12.8 Å². The first kappa shape index (κ1) is 23.0. The van der Waals surface area contributed by atoms with Crippen LogP contribution in [0.2, 0.25) is 0 Å². The number of aromatic amines is 1. The molecule has 2 fully saturated rings. The summed E-state index contributed by atoms with van der Waals surface area (Å²) in [5.41, 5.74) is 2.40. The van der Waals surface area contributed by atoms with Crippen LogP contribution in [0, 0.1) is 12.8 Å². The highest BCUT2D eigenvalue weighted by Gasteiger charge is 2.32. The maximum absolute atomic E-state index is 12.6. The van der Waals surface area contributed by atoms with Crippen LogP contribution in [0.3, 0.4) is 0 Å². The van der Waals surface area contributed by atoms with Crippen molar-refractivity contribution in [2.45, 2.75) is 64.8 Å². The molecule has 0 bridgehead atoms. The summed E-state index contributed by atoms with van der Waals surface area (Å²) in [5.74, 6) is 1.51. The minimum atomic E-state index is 0. The van der Waals surface area contributed by atoms with E-state index in [4.69, 9.17) is 4.99 Å². The molecule has 1 saturated heterocycles. The fourth-order valence-electron chi connectivity index (χ4n) is 4.11. The third kappa shape index (κ3) is 6.35. The first-order chi connectivity index (χ1) is 13.2. The molecule has 1 aliphatic heterocycles. The molecule has 0 aromatic carbocycles. The Kier molecular flexibility index (Phi) is 9.53. The van der Waals surface area contributed by atoms with E-state index in [1.807, 2.05) is 6.20 Å². The molecule has 1 saturated carbocycles. The molecule has 1 aliphatic carbocycles. The van der Waals surface area contributed by atoms with Crippen LogP contribution in [0.25, 0.3) is 0 Å². The zero-order valence-electron chi connectivity index (χ0n) is 17.2. The monoisotopic (exact) mass is 502 g/mol. The molecule has 0 radical (unpaired) electrons. The Balaban J connectivity index is 0.00000280. The molecule has 2 aliphatic rings. The lowest BCUT2D eigenvalue weighted by Gasteiger charge is -2.21. The third-order valence-corrected chi connectivity index (χ3v) is 5.70. The van der Waals surface area contributed by atoms with E-state index in [2.05, 4.69) is 39.6 Å². The van der Waals surface area contributed by atoms with Gasteiger partial charge >= 0.3 is 0 Å². The molecule has 3 N–H and O–H groups in total. The first-order valence-corrected chi connectivity index (χ1v) is 10.5. The van der Waals surface area contributed by atoms with Gasteiger partial charge in [-0.2, -0.15) is 5.10 Å². The standard InChI is InChI=1S/C20H34N6O.HI/c1-3-21-20(22-11-6-9-17-13-23-25-15(17)2)24-18-10-12-26(14-18)19(27)16-7-4-5-8-16;/h13,16,18H,3-12,14H2,1-2H3,(H,23,25)(H2,21,22,24);1H. The average Bonchev–Trinajstić information content (AvgIpc) is 3.41. The van der Waals surface area contributed by atoms with Gasteiger partial charge in [-0.05, 0) is 51.5 Å². The summed E-state index contributed by atoms with van der Waals surface area (Å²) >= 11 is 0. The molecular formula is C20H35IN6O.